The number of carbonyl (C=O) groups is 1. The molecule has 0 saturated heterocycles. The fourth-order valence-electron chi connectivity index (χ4n) is 1.15. The summed E-state index contributed by atoms with van der Waals surface area (Å²) in [6.45, 7) is 0. The van der Waals surface area contributed by atoms with Crippen molar-refractivity contribution in [2.45, 2.75) is 0 Å². The van der Waals surface area contributed by atoms with Gasteiger partial charge in [0.2, 0.25) is 0 Å². The van der Waals surface area contributed by atoms with Crippen molar-refractivity contribution in [2.75, 3.05) is 0 Å². The Morgan fingerprint density at radius 1 is 1.50 bits per heavy atom. The first-order valence-electron chi connectivity index (χ1n) is 4.12. The number of carboxylic acid groups (broad SMARTS) is 1. The quantitative estimate of drug-likeness (QED) is 0.779. The molecule has 0 atom stereocenters. The van der Waals surface area contributed by atoms with E-state index in [1.165, 1.54) is 6.20 Å². The summed E-state index contributed by atoms with van der Waals surface area (Å²) in [4.78, 5) is 14.2. The Bertz CT molecular complexity index is 518. The number of nitrogens with zero attached hydrogens (tertiary/aromatic N) is 1. The van der Waals surface area contributed by atoms with Crippen LogP contribution in [0.5, 0.6) is 0 Å². The summed E-state index contributed by atoms with van der Waals surface area (Å²) in [5.41, 5.74) is 0.782. The number of halogens is 1. The average Bonchev–Trinajstić information content (AvgIpc) is 2.66. The van der Waals surface area contributed by atoms with Crippen LogP contribution in [0.4, 0.5) is 0 Å². The standard InChI is InChI=1S/C10H6BrNO3.Li.H/c11-7-3-1-2-6(4-7)8-5-12-9(15-8)10(13)14;;/h1-5H,(H,13,14);;/q;+1;-1. The second-order valence-electron chi connectivity index (χ2n) is 2.85. The molecule has 0 aliphatic carbocycles. The van der Waals surface area contributed by atoms with Gasteiger partial charge in [0.05, 0.1) is 6.20 Å². The van der Waals surface area contributed by atoms with Gasteiger partial charge in [0.15, 0.2) is 5.76 Å². The van der Waals surface area contributed by atoms with Crippen LogP contribution in [0.1, 0.15) is 12.1 Å². The predicted octanol–water partition coefficient (Wildman–Crippen LogP) is -0.0812. The summed E-state index contributed by atoms with van der Waals surface area (Å²) >= 11 is 3.32. The number of oxazole rings is 1. The average molecular weight is 276 g/mol. The fourth-order valence-corrected chi connectivity index (χ4v) is 1.55. The first-order valence-corrected chi connectivity index (χ1v) is 4.91. The van der Waals surface area contributed by atoms with Crippen LogP contribution in [0.15, 0.2) is 39.4 Å². The number of rotatable bonds is 2. The minimum absolute atomic E-state index is 0. The monoisotopic (exact) mass is 275 g/mol. The molecule has 78 valence electrons. The second-order valence-corrected chi connectivity index (χ2v) is 3.76. The van der Waals surface area contributed by atoms with E-state index >= 15 is 0 Å². The number of hydrogen-bond donors (Lipinski definition) is 1. The summed E-state index contributed by atoms with van der Waals surface area (Å²) < 4.78 is 5.95. The van der Waals surface area contributed by atoms with Crippen molar-refractivity contribution in [1.29, 1.82) is 0 Å². The number of benzene rings is 1. The third-order valence-electron chi connectivity index (χ3n) is 1.80. The Morgan fingerprint density at radius 2 is 2.25 bits per heavy atom. The third-order valence-corrected chi connectivity index (χ3v) is 2.29. The molecule has 4 nitrogen and oxygen atoms in total. The summed E-state index contributed by atoms with van der Waals surface area (Å²) in [5.74, 6) is -1.03. The molecule has 2 rings (SSSR count). The van der Waals surface area contributed by atoms with Crippen LogP contribution in [-0.4, -0.2) is 16.1 Å². The molecular formula is C10H7BrLiNO3. The van der Waals surface area contributed by atoms with Crippen LogP contribution < -0.4 is 18.9 Å². The van der Waals surface area contributed by atoms with Gasteiger partial charge in [0, 0.05) is 10.0 Å². The Morgan fingerprint density at radius 3 is 2.81 bits per heavy atom. The van der Waals surface area contributed by atoms with Gasteiger partial charge in [-0.1, -0.05) is 28.1 Å². The Labute approximate surface area is 113 Å². The number of aromatic carboxylic acids is 1. The Balaban J connectivity index is 0.00000128. The molecule has 0 radical (unpaired) electrons. The van der Waals surface area contributed by atoms with Crippen molar-refractivity contribution in [1.82, 2.24) is 4.98 Å². The molecule has 16 heavy (non-hydrogen) atoms. The van der Waals surface area contributed by atoms with E-state index in [0.29, 0.717) is 5.76 Å². The molecule has 0 saturated carbocycles. The van der Waals surface area contributed by atoms with Gasteiger partial charge in [-0.25, -0.2) is 9.78 Å². The molecule has 0 aliphatic heterocycles. The smallest absolute Gasteiger partial charge is 1.00 e. The minimum Gasteiger partial charge on any atom is -1.00 e. The molecule has 0 bridgehead atoms. The molecule has 0 aliphatic rings. The van der Waals surface area contributed by atoms with Gasteiger partial charge in [-0.3, -0.25) is 0 Å². The van der Waals surface area contributed by atoms with Crippen molar-refractivity contribution in [2.24, 2.45) is 0 Å². The second kappa shape index (κ2) is 5.35. The van der Waals surface area contributed by atoms with Crippen molar-refractivity contribution >= 4 is 21.9 Å². The van der Waals surface area contributed by atoms with Crippen molar-refractivity contribution in [3.63, 3.8) is 0 Å². The van der Waals surface area contributed by atoms with Crippen LogP contribution in [0, 0.1) is 0 Å². The van der Waals surface area contributed by atoms with Crippen LogP contribution in [-0.2, 0) is 0 Å². The van der Waals surface area contributed by atoms with E-state index < -0.39 is 5.97 Å². The van der Waals surface area contributed by atoms with Crippen molar-refractivity contribution in [3.05, 3.63) is 40.8 Å². The van der Waals surface area contributed by atoms with E-state index in [9.17, 15) is 4.79 Å². The van der Waals surface area contributed by atoms with Gasteiger partial charge in [-0.15, -0.1) is 0 Å². The minimum atomic E-state index is -1.17. The molecular weight excluding hydrogens is 269 g/mol. The van der Waals surface area contributed by atoms with E-state index in [4.69, 9.17) is 9.52 Å². The van der Waals surface area contributed by atoms with Gasteiger partial charge in [0.25, 0.3) is 0 Å². The fraction of sp³-hybridized carbons (Fsp3) is 0. The number of aromatic nitrogens is 1. The SMILES string of the molecule is O=C(O)c1ncc(-c2cccc(Br)c2)o1.[H-].[Li+]. The van der Waals surface area contributed by atoms with E-state index in [1.54, 1.807) is 0 Å². The molecule has 1 N–H and O–H groups in total. The van der Waals surface area contributed by atoms with Crippen molar-refractivity contribution < 1.29 is 34.6 Å². The number of hydrogen-bond acceptors (Lipinski definition) is 3. The first kappa shape index (κ1) is 13.0. The van der Waals surface area contributed by atoms with Crippen LogP contribution in [0.25, 0.3) is 11.3 Å². The van der Waals surface area contributed by atoms with Crippen LogP contribution >= 0.6 is 15.9 Å². The zero-order valence-corrected chi connectivity index (χ0v) is 10.1. The van der Waals surface area contributed by atoms with Gasteiger partial charge in [-0.05, 0) is 12.1 Å². The number of carboxylic acids is 1. The summed E-state index contributed by atoms with van der Waals surface area (Å²) in [5, 5.41) is 8.63. The normalized spacial score (nSPS) is 9.56. The Hall–Kier alpha value is -1.02. The maximum Gasteiger partial charge on any atom is 1.00 e. The maximum atomic E-state index is 10.5. The maximum absolute atomic E-state index is 10.5. The summed E-state index contributed by atoms with van der Waals surface area (Å²) in [6.07, 6.45) is 1.39. The predicted molar refractivity (Wildman–Crippen MR) is 57.7 cm³/mol. The topological polar surface area (TPSA) is 63.3 Å². The Kier molecular flexibility index (Phi) is 4.36. The van der Waals surface area contributed by atoms with Gasteiger partial charge in [-0.2, -0.15) is 0 Å². The summed E-state index contributed by atoms with van der Waals surface area (Å²) in [6, 6.07) is 7.35. The van der Waals surface area contributed by atoms with E-state index in [0.717, 1.165) is 10.0 Å². The van der Waals surface area contributed by atoms with Gasteiger partial charge >= 0.3 is 30.7 Å². The zero-order valence-electron chi connectivity index (χ0n) is 9.48. The molecule has 1 aromatic carbocycles. The third kappa shape index (κ3) is 2.76. The summed E-state index contributed by atoms with van der Waals surface area (Å²) in [7, 11) is 0. The molecule has 6 heteroatoms. The molecule has 0 unspecified atom stereocenters. The largest absolute Gasteiger partial charge is 1.00 e. The zero-order chi connectivity index (χ0) is 10.8. The van der Waals surface area contributed by atoms with Gasteiger partial charge in [0.1, 0.15) is 0 Å². The molecule has 1 aromatic heterocycles. The molecule has 2 aromatic rings. The van der Waals surface area contributed by atoms with Gasteiger partial charge < -0.3 is 11.0 Å². The van der Waals surface area contributed by atoms with E-state index in [2.05, 4.69) is 20.9 Å². The van der Waals surface area contributed by atoms with E-state index in [1.807, 2.05) is 24.3 Å². The first-order chi connectivity index (χ1) is 7.16. The molecule has 0 spiro atoms. The van der Waals surface area contributed by atoms with E-state index in [-0.39, 0.29) is 26.2 Å². The molecule has 0 amide bonds. The van der Waals surface area contributed by atoms with Crippen LogP contribution in [0.3, 0.4) is 0 Å². The van der Waals surface area contributed by atoms with Crippen LogP contribution in [0.2, 0.25) is 0 Å². The molecule has 0 fully saturated rings. The molecule has 1 heterocycles. The van der Waals surface area contributed by atoms with Crippen molar-refractivity contribution in [3.8, 4) is 11.3 Å².